The van der Waals surface area contributed by atoms with Crippen LogP contribution in [0.5, 0.6) is 0 Å². The number of halogens is 1. The molecule has 9 heteroatoms. The highest BCUT2D eigenvalue weighted by Crippen LogP contribution is 2.31. The Morgan fingerprint density at radius 2 is 2.03 bits per heavy atom. The number of nitrogens with one attached hydrogen (secondary N) is 1. The molecule has 3 heterocycles. The lowest BCUT2D eigenvalue weighted by Crippen LogP contribution is -2.42. The second kappa shape index (κ2) is 8.15. The van der Waals surface area contributed by atoms with E-state index in [1.165, 1.54) is 29.9 Å². The minimum absolute atomic E-state index is 0.0252. The number of nitrogens with zero attached hydrogens (tertiary/aromatic N) is 3. The summed E-state index contributed by atoms with van der Waals surface area (Å²) in [6, 6.07) is 10.2. The van der Waals surface area contributed by atoms with Crippen molar-refractivity contribution in [2.24, 2.45) is 0 Å². The first-order valence-electron chi connectivity index (χ1n) is 8.65. The van der Waals surface area contributed by atoms with Crippen LogP contribution in [-0.4, -0.2) is 33.5 Å². The summed E-state index contributed by atoms with van der Waals surface area (Å²) in [5.74, 6) is -0.620. The van der Waals surface area contributed by atoms with Gasteiger partial charge in [0.1, 0.15) is 11.8 Å². The Hall–Kier alpha value is -3.65. The van der Waals surface area contributed by atoms with E-state index in [0.29, 0.717) is 16.5 Å². The lowest BCUT2D eigenvalue weighted by molar-refractivity contribution is -0.138. The fraction of sp³-hybridized carbons (Fsp3) is 0.100. The quantitative estimate of drug-likeness (QED) is 0.645. The number of carbonyl (C=O) groups is 2. The number of aromatic nitrogens is 2. The van der Waals surface area contributed by atoms with Gasteiger partial charge in [0.15, 0.2) is 12.3 Å². The van der Waals surface area contributed by atoms with Gasteiger partial charge >= 0.3 is 5.97 Å². The van der Waals surface area contributed by atoms with Crippen LogP contribution in [0.1, 0.15) is 27.9 Å². The highest BCUT2D eigenvalue weighted by Gasteiger charge is 2.33. The van der Waals surface area contributed by atoms with Crippen LogP contribution < -0.4 is 5.43 Å². The van der Waals surface area contributed by atoms with E-state index in [4.69, 9.17) is 20.8 Å². The molecule has 1 aliphatic rings. The number of ether oxygens (including phenoxy) is 1. The maximum atomic E-state index is 12.8. The third-order valence-corrected chi connectivity index (χ3v) is 4.45. The molecule has 0 fully saturated rings. The average molecular weight is 411 g/mol. The SMILES string of the molecule is O=C(OCC(=O)N1NC(c2ccc(Cl)cc2)=C[C@H]1c1ccco1)c1cnccn1. The topological polar surface area (TPSA) is 97.6 Å². The highest BCUT2D eigenvalue weighted by molar-refractivity contribution is 6.30. The van der Waals surface area contributed by atoms with E-state index >= 15 is 0 Å². The van der Waals surface area contributed by atoms with Crippen molar-refractivity contribution in [1.29, 1.82) is 0 Å². The summed E-state index contributed by atoms with van der Waals surface area (Å²) in [7, 11) is 0. The molecule has 0 bridgehead atoms. The Morgan fingerprint density at radius 1 is 1.21 bits per heavy atom. The van der Waals surface area contributed by atoms with E-state index in [2.05, 4.69) is 15.4 Å². The Labute approximate surface area is 170 Å². The first kappa shape index (κ1) is 18.7. The van der Waals surface area contributed by atoms with E-state index in [-0.39, 0.29) is 5.69 Å². The van der Waals surface area contributed by atoms with Crippen molar-refractivity contribution >= 4 is 29.2 Å². The molecular formula is C20H15ClN4O4. The predicted octanol–water partition coefficient (Wildman–Crippen LogP) is 3.01. The summed E-state index contributed by atoms with van der Waals surface area (Å²) >= 11 is 5.95. The molecule has 0 unspecified atom stereocenters. The van der Waals surface area contributed by atoms with E-state index < -0.39 is 24.5 Å². The standard InChI is InChI=1S/C20H15ClN4O4/c21-14-5-3-13(4-6-14)15-10-17(18-2-1-9-28-18)25(24-15)19(26)12-29-20(27)16-11-22-7-8-23-16/h1-11,17,24H,12H2/t17-/m0/s1. The molecule has 146 valence electrons. The zero-order valence-electron chi connectivity index (χ0n) is 15.0. The molecule has 1 amide bonds. The van der Waals surface area contributed by atoms with Crippen LogP contribution in [0.15, 0.2) is 71.7 Å². The van der Waals surface area contributed by atoms with Crippen LogP contribution in [0.2, 0.25) is 5.02 Å². The van der Waals surface area contributed by atoms with Crippen LogP contribution in [-0.2, 0) is 9.53 Å². The summed E-state index contributed by atoms with van der Waals surface area (Å²) < 4.78 is 10.6. The molecule has 0 radical (unpaired) electrons. The number of benzene rings is 1. The Morgan fingerprint density at radius 3 is 2.72 bits per heavy atom. The molecule has 1 atom stereocenters. The Kier molecular flexibility index (Phi) is 5.26. The molecule has 4 rings (SSSR count). The van der Waals surface area contributed by atoms with Gasteiger partial charge in [0.2, 0.25) is 0 Å². The predicted molar refractivity (Wildman–Crippen MR) is 103 cm³/mol. The van der Waals surface area contributed by atoms with Crippen molar-refractivity contribution in [3.8, 4) is 0 Å². The molecule has 1 N–H and O–H groups in total. The molecule has 1 aliphatic heterocycles. The fourth-order valence-electron chi connectivity index (χ4n) is 2.82. The Bertz CT molecular complexity index is 1040. The van der Waals surface area contributed by atoms with Gasteiger partial charge in [0.25, 0.3) is 5.91 Å². The summed E-state index contributed by atoms with van der Waals surface area (Å²) in [4.78, 5) is 32.5. The maximum Gasteiger partial charge on any atom is 0.359 e. The zero-order valence-corrected chi connectivity index (χ0v) is 15.7. The number of amides is 1. The number of esters is 1. The summed E-state index contributed by atoms with van der Waals surface area (Å²) in [6.45, 7) is -0.471. The monoisotopic (exact) mass is 410 g/mol. The number of furan rings is 1. The molecule has 2 aromatic heterocycles. The van der Waals surface area contributed by atoms with Crippen molar-refractivity contribution in [1.82, 2.24) is 20.4 Å². The second-order valence-corrected chi connectivity index (χ2v) is 6.53. The van der Waals surface area contributed by atoms with Crippen molar-refractivity contribution in [2.45, 2.75) is 6.04 Å². The average Bonchev–Trinajstić information content (AvgIpc) is 3.43. The number of rotatable bonds is 5. The molecule has 1 aromatic carbocycles. The minimum atomic E-state index is -0.730. The van der Waals surface area contributed by atoms with Crippen molar-refractivity contribution in [3.63, 3.8) is 0 Å². The molecule has 29 heavy (non-hydrogen) atoms. The van der Waals surface area contributed by atoms with Gasteiger partial charge in [0.05, 0.1) is 18.2 Å². The smallest absolute Gasteiger partial charge is 0.359 e. The van der Waals surface area contributed by atoms with Gasteiger partial charge in [0, 0.05) is 17.4 Å². The van der Waals surface area contributed by atoms with E-state index in [0.717, 1.165) is 5.56 Å². The lowest BCUT2D eigenvalue weighted by Gasteiger charge is -2.23. The summed E-state index contributed by atoms with van der Waals surface area (Å²) in [6.07, 6.45) is 7.46. The number of hydrazine groups is 1. The molecule has 8 nitrogen and oxygen atoms in total. The molecule has 0 saturated carbocycles. The van der Waals surface area contributed by atoms with E-state index in [1.54, 1.807) is 24.3 Å². The molecule has 3 aromatic rings. The van der Waals surface area contributed by atoms with Gasteiger partial charge in [-0.3, -0.25) is 15.2 Å². The number of hydrogen-bond acceptors (Lipinski definition) is 7. The normalized spacial score (nSPS) is 15.6. The zero-order chi connectivity index (χ0) is 20.2. The largest absolute Gasteiger partial charge is 0.467 e. The fourth-order valence-corrected chi connectivity index (χ4v) is 2.95. The van der Waals surface area contributed by atoms with Gasteiger partial charge < -0.3 is 9.15 Å². The first-order chi connectivity index (χ1) is 14.1. The summed E-state index contributed by atoms with van der Waals surface area (Å²) in [5.41, 5.74) is 4.63. The first-order valence-corrected chi connectivity index (χ1v) is 9.02. The molecule has 0 saturated heterocycles. The van der Waals surface area contributed by atoms with Gasteiger partial charge in [-0.1, -0.05) is 23.7 Å². The van der Waals surface area contributed by atoms with Crippen LogP contribution in [0.3, 0.4) is 0 Å². The van der Waals surface area contributed by atoms with Crippen molar-refractivity contribution in [3.05, 3.63) is 89.4 Å². The van der Waals surface area contributed by atoms with Crippen molar-refractivity contribution in [2.75, 3.05) is 6.61 Å². The van der Waals surface area contributed by atoms with Crippen molar-refractivity contribution < 1.29 is 18.7 Å². The third-order valence-electron chi connectivity index (χ3n) is 4.20. The van der Waals surface area contributed by atoms with E-state index in [9.17, 15) is 9.59 Å². The molecular weight excluding hydrogens is 396 g/mol. The van der Waals surface area contributed by atoms with Gasteiger partial charge in [-0.2, -0.15) is 0 Å². The van der Waals surface area contributed by atoms with Crippen LogP contribution in [0, 0.1) is 0 Å². The van der Waals surface area contributed by atoms with Crippen LogP contribution in [0.4, 0.5) is 0 Å². The molecule has 0 spiro atoms. The number of hydrogen-bond donors (Lipinski definition) is 1. The van der Waals surface area contributed by atoms with Gasteiger partial charge in [-0.15, -0.1) is 0 Å². The molecule has 0 aliphatic carbocycles. The minimum Gasteiger partial charge on any atom is -0.467 e. The van der Waals surface area contributed by atoms with Gasteiger partial charge in [-0.05, 0) is 35.9 Å². The highest BCUT2D eigenvalue weighted by atomic mass is 35.5. The van der Waals surface area contributed by atoms with E-state index in [1.807, 2.05) is 18.2 Å². The van der Waals surface area contributed by atoms with Gasteiger partial charge in [-0.25, -0.2) is 14.8 Å². The maximum absolute atomic E-state index is 12.8. The van der Waals surface area contributed by atoms with Crippen LogP contribution >= 0.6 is 11.6 Å². The van der Waals surface area contributed by atoms with Crippen LogP contribution in [0.25, 0.3) is 5.70 Å². The third kappa shape index (κ3) is 4.12. The summed E-state index contributed by atoms with van der Waals surface area (Å²) in [5, 5.41) is 1.96. The second-order valence-electron chi connectivity index (χ2n) is 6.09. The Balaban J connectivity index is 1.50. The number of carbonyl (C=O) groups excluding carboxylic acids is 2. The lowest BCUT2D eigenvalue weighted by atomic mass is 10.1.